The number of fused-ring (bicyclic) bond motifs is 1. The Kier molecular flexibility index (Phi) is 11.5. The van der Waals surface area contributed by atoms with Crippen molar-refractivity contribution >= 4 is 38.6 Å². The van der Waals surface area contributed by atoms with Gasteiger partial charge in [0.2, 0.25) is 21.8 Å². The number of amides is 3. The maximum absolute atomic E-state index is 13.1. The van der Waals surface area contributed by atoms with E-state index in [1.165, 1.54) is 10.4 Å². The molecule has 5 N–H and O–H groups in total. The molecule has 0 radical (unpaired) electrons. The molecule has 0 unspecified atom stereocenters. The molecule has 12 heteroatoms. The number of sulfonamides is 1. The first-order valence-electron chi connectivity index (χ1n) is 13.8. The third kappa shape index (κ3) is 9.89. The zero-order chi connectivity index (χ0) is 30.9. The monoisotopic (exact) mass is 597 g/mol. The van der Waals surface area contributed by atoms with Gasteiger partial charge in [0.25, 0.3) is 5.91 Å². The second-order valence-electron chi connectivity index (χ2n) is 10.8. The minimum Gasteiger partial charge on any atom is -0.390 e. The van der Waals surface area contributed by atoms with Crippen LogP contribution in [-0.4, -0.2) is 78.1 Å². The van der Waals surface area contributed by atoms with E-state index in [0.29, 0.717) is 11.9 Å². The van der Waals surface area contributed by atoms with E-state index in [1.54, 1.807) is 18.2 Å². The summed E-state index contributed by atoms with van der Waals surface area (Å²) in [5.41, 5.74) is 6.96. The topological polar surface area (TPSA) is 172 Å². The van der Waals surface area contributed by atoms with Gasteiger partial charge in [0.15, 0.2) is 0 Å². The van der Waals surface area contributed by atoms with Crippen LogP contribution in [0.5, 0.6) is 0 Å². The number of nitrogens with zero attached hydrogens (tertiary/aromatic N) is 2. The molecule has 0 aliphatic heterocycles. The van der Waals surface area contributed by atoms with Crippen molar-refractivity contribution < 1.29 is 27.9 Å². The van der Waals surface area contributed by atoms with Gasteiger partial charge in [-0.25, -0.2) is 13.4 Å². The lowest BCUT2D eigenvalue weighted by Crippen LogP contribution is -2.53. The maximum atomic E-state index is 13.1. The fourth-order valence-corrected chi connectivity index (χ4v) is 5.24. The minimum atomic E-state index is -3.63. The number of pyridine rings is 1. The van der Waals surface area contributed by atoms with E-state index in [-0.39, 0.29) is 31.1 Å². The van der Waals surface area contributed by atoms with Crippen molar-refractivity contribution in [2.24, 2.45) is 11.7 Å². The number of benzene rings is 2. The standard InChI is InChI=1S/C30H39N5O6S/c1-20(2)15-16-35(42(3,40)41)19-27(36)25(17-21-9-5-4-6-10-21)33-28(37)18-26(29(31)38)34-30(39)24-14-13-22-11-7-8-12-23(22)32-24/h4-14,20,25-27,36H,15-19H2,1-3H3,(H2,31,38)(H,33,37)(H,34,39)/t25-,26-,27+/m0/s1. The maximum Gasteiger partial charge on any atom is 0.270 e. The van der Waals surface area contributed by atoms with E-state index in [4.69, 9.17) is 5.73 Å². The number of rotatable bonds is 15. The molecule has 42 heavy (non-hydrogen) atoms. The van der Waals surface area contributed by atoms with Crippen molar-refractivity contribution in [1.29, 1.82) is 0 Å². The summed E-state index contributed by atoms with van der Waals surface area (Å²) in [5, 5.41) is 17.2. The van der Waals surface area contributed by atoms with Gasteiger partial charge in [-0.15, -0.1) is 0 Å². The third-order valence-electron chi connectivity index (χ3n) is 6.79. The van der Waals surface area contributed by atoms with E-state index in [0.717, 1.165) is 17.2 Å². The van der Waals surface area contributed by atoms with Crippen LogP contribution >= 0.6 is 0 Å². The molecule has 3 amide bonds. The Bertz CT molecular complexity index is 1480. The van der Waals surface area contributed by atoms with Crippen LogP contribution in [0.2, 0.25) is 0 Å². The molecule has 0 saturated carbocycles. The van der Waals surface area contributed by atoms with Crippen LogP contribution in [0.1, 0.15) is 42.7 Å². The number of primary amides is 1. The van der Waals surface area contributed by atoms with Crippen LogP contribution in [0.3, 0.4) is 0 Å². The zero-order valence-corrected chi connectivity index (χ0v) is 24.9. The summed E-state index contributed by atoms with van der Waals surface area (Å²) in [6, 6.07) is 17.3. The number of hydrogen-bond donors (Lipinski definition) is 4. The quantitative estimate of drug-likeness (QED) is 0.206. The third-order valence-corrected chi connectivity index (χ3v) is 8.06. The fraction of sp³-hybridized carbons (Fsp3) is 0.400. The van der Waals surface area contributed by atoms with Crippen molar-refractivity contribution in [3.63, 3.8) is 0 Å². The van der Waals surface area contributed by atoms with E-state index in [9.17, 15) is 27.9 Å². The molecule has 0 saturated heterocycles. The average Bonchev–Trinajstić information content (AvgIpc) is 2.93. The van der Waals surface area contributed by atoms with Crippen LogP contribution in [0, 0.1) is 5.92 Å². The van der Waals surface area contributed by atoms with Crippen molar-refractivity contribution in [3.8, 4) is 0 Å². The predicted octanol–water partition coefficient (Wildman–Crippen LogP) is 1.60. The van der Waals surface area contributed by atoms with Crippen LogP contribution in [0.15, 0.2) is 66.7 Å². The molecule has 0 aliphatic carbocycles. The second kappa shape index (κ2) is 14.9. The number of aliphatic hydroxyl groups is 1. The molecule has 1 aromatic heterocycles. The summed E-state index contributed by atoms with van der Waals surface area (Å²) >= 11 is 0. The molecule has 11 nitrogen and oxygen atoms in total. The molecule has 0 bridgehead atoms. The summed E-state index contributed by atoms with van der Waals surface area (Å²) in [4.78, 5) is 42.5. The smallest absolute Gasteiger partial charge is 0.270 e. The van der Waals surface area contributed by atoms with Crippen molar-refractivity contribution in [3.05, 3.63) is 78.0 Å². The first kappa shape index (κ1) is 32.6. The molecule has 3 atom stereocenters. The van der Waals surface area contributed by atoms with Gasteiger partial charge in [-0.2, -0.15) is 4.31 Å². The van der Waals surface area contributed by atoms with Gasteiger partial charge in [-0.3, -0.25) is 14.4 Å². The molecule has 2 aromatic carbocycles. The van der Waals surface area contributed by atoms with Crippen molar-refractivity contribution in [2.45, 2.75) is 51.3 Å². The average molecular weight is 598 g/mol. The highest BCUT2D eigenvalue weighted by molar-refractivity contribution is 7.88. The number of carbonyl (C=O) groups is 3. The van der Waals surface area contributed by atoms with Crippen LogP contribution in [0.4, 0.5) is 0 Å². The first-order valence-corrected chi connectivity index (χ1v) is 15.6. The van der Waals surface area contributed by atoms with Crippen molar-refractivity contribution in [1.82, 2.24) is 19.9 Å². The van der Waals surface area contributed by atoms with E-state index in [1.807, 2.05) is 56.3 Å². The Labute approximate surface area is 246 Å². The summed E-state index contributed by atoms with van der Waals surface area (Å²) in [5.74, 6) is -2.00. The summed E-state index contributed by atoms with van der Waals surface area (Å²) in [6.07, 6.45) is 0.121. The Balaban J connectivity index is 1.74. The lowest BCUT2D eigenvalue weighted by molar-refractivity contribution is -0.127. The second-order valence-corrected chi connectivity index (χ2v) is 12.7. The Morgan fingerprint density at radius 2 is 1.64 bits per heavy atom. The molecular formula is C30H39N5O6S. The number of aromatic nitrogens is 1. The summed E-state index contributed by atoms with van der Waals surface area (Å²) < 4.78 is 26.1. The first-order chi connectivity index (χ1) is 19.8. The number of para-hydroxylation sites is 1. The minimum absolute atomic E-state index is 0.0556. The normalized spacial score (nSPS) is 14.0. The number of aliphatic hydroxyl groups excluding tert-OH is 1. The zero-order valence-electron chi connectivity index (χ0n) is 24.1. The van der Waals surface area contributed by atoms with Gasteiger partial charge in [-0.1, -0.05) is 68.4 Å². The van der Waals surface area contributed by atoms with Gasteiger partial charge in [-0.05, 0) is 36.5 Å². The summed E-state index contributed by atoms with van der Waals surface area (Å²) in [7, 11) is -3.63. The van der Waals surface area contributed by atoms with Gasteiger partial charge in [0, 0.05) is 18.5 Å². The van der Waals surface area contributed by atoms with Crippen LogP contribution in [0.25, 0.3) is 10.9 Å². The Morgan fingerprint density at radius 1 is 0.976 bits per heavy atom. The Morgan fingerprint density at radius 3 is 2.29 bits per heavy atom. The van der Waals surface area contributed by atoms with E-state index in [2.05, 4.69) is 15.6 Å². The summed E-state index contributed by atoms with van der Waals surface area (Å²) in [6.45, 7) is 3.93. The molecule has 0 aliphatic rings. The largest absolute Gasteiger partial charge is 0.390 e. The highest BCUT2D eigenvalue weighted by Gasteiger charge is 2.30. The van der Waals surface area contributed by atoms with Gasteiger partial charge < -0.3 is 21.5 Å². The fourth-order valence-electron chi connectivity index (χ4n) is 4.38. The molecule has 0 spiro atoms. The highest BCUT2D eigenvalue weighted by atomic mass is 32.2. The number of hydrogen-bond acceptors (Lipinski definition) is 7. The number of nitrogens with two attached hydrogens (primary N) is 1. The molecule has 3 rings (SSSR count). The SMILES string of the molecule is CC(C)CCN(C[C@@H](O)[C@H](Cc1ccccc1)NC(=O)C[C@H](NC(=O)c1ccc2ccccc2n1)C(N)=O)S(C)(=O)=O. The van der Waals surface area contributed by atoms with Gasteiger partial charge in [0.1, 0.15) is 11.7 Å². The molecule has 1 heterocycles. The van der Waals surface area contributed by atoms with Crippen LogP contribution < -0.4 is 16.4 Å². The van der Waals surface area contributed by atoms with Gasteiger partial charge in [0.05, 0.1) is 30.3 Å². The molecule has 3 aromatic rings. The lowest BCUT2D eigenvalue weighted by atomic mass is 10.00. The highest BCUT2D eigenvalue weighted by Crippen LogP contribution is 2.14. The predicted molar refractivity (Wildman–Crippen MR) is 161 cm³/mol. The van der Waals surface area contributed by atoms with Crippen molar-refractivity contribution in [2.75, 3.05) is 19.3 Å². The molecule has 0 fully saturated rings. The number of carbonyl (C=O) groups excluding carboxylic acids is 3. The van der Waals surface area contributed by atoms with E-state index < -0.39 is 52.4 Å². The molecular weight excluding hydrogens is 558 g/mol. The van der Waals surface area contributed by atoms with Crippen LogP contribution in [-0.2, 0) is 26.0 Å². The molecule has 226 valence electrons. The Hall–Kier alpha value is -3.87. The van der Waals surface area contributed by atoms with Gasteiger partial charge >= 0.3 is 0 Å². The number of nitrogens with one attached hydrogen (secondary N) is 2. The van der Waals surface area contributed by atoms with E-state index >= 15 is 0 Å². The lowest BCUT2D eigenvalue weighted by Gasteiger charge is -2.29.